The van der Waals surface area contributed by atoms with Crippen molar-refractivity contribution in [1.29, 1.82) is 0 Å². The van der Waals surface area contributed by atoms with E-state index >= 15 is 0 Å². The highest BCUT2D eigenvalue weighted by Gasteiger charge is 2.51. The van der Waals surface area contributed by atoms with Crippen LogP contribution in [0.3, 0.4) is 0 Å². The zero-order valence-electron chi connectivity index (χ0n) is 8.49. The van der Waals surface area contributed by atoms with E-state index in [2.05, 4.69) is 14.5 Å². The van der Waals surface area contributed by atoms with Gasteiger partial charge in [-0.05, 0) is 6.92 Å². The molecule has 0 unspecified atom stereocenters. The minimum absolute atomic E-state index is 0.123. The maximum atomic E-state index is 11.5. The molecule has 0 fully saturated rings. The van der Waals surface area contributed by atoms with Gasteiger partial charge in [-0.1, -0.05) is 0 Å². The average Bonchev–Trinajstić information content (AvgIpc) is 2.59. The first-order chi connectivity index (χ1) is 6.56. The standard InChI is InChI=1S/C9H13NO4/c1-6-4-9(5-10-6,7(11)13-2)8(12)14-3/h4-5H2,1-3H3. The summed E-state index contributed by atoms with van der Waals surface area (Å²) in [7, 11) is 2.50. The topological polar surface area (TPSA) is 65.0 Å². The van der Waals surface area contributed by atoms with Gasteiger partial charge in [0.1, 0.15) is 0 Å². The van der Waals surface area contributed by atoms with E-state index in [0.717, 1.165) is 5.71 Å². The molecule has 1 aliphatic rings. The SMILES string of the molecule is COC(=O)C1(C(=O)OC)CN=C(C)C1. The fourth-order valence-electron chi connectivity index (χ4n) is 1.57. The molecule has 0 bridgehead atoms. The molecule has 1 rings (SSSR count). The predicted octanol–water partition coefficient (Wildman–Crippen LogP) is 0.183. The summed E-state index contributed by atoms with van der Waals surface area (Å²) in [5.41, 5.74) is -0.478. The molecular formula is C9H13NO4. The third kappa shape index (κ3) is 1.49. The van der Waals surface area contributed by atoms with Gasteiger partial charge >= 0.3 is 11.9 Å². The molecule has 0 amide bonds. The first-order valence-corrected chi connectivity index (χ1v) is 4.23. The average molecular weight is 199 g/mol. The number of aliphatic imine (C=N–C) groups is 1. The maximum absolute atomic E-state index is 11.5. The summed E-state index contributed by atoms with van der Waals surface area (Å²) in [6.07, 6.45) is 0.284. The molecule has 0 radical (unpaired) electrons. The second-order valence-electron chi connectivity index (χ2n) is 3.29. The van der Waals surface area contributed by atoms with E-state index in [1.807, 2.05) is 0 Å². The number of ether oxygens (including phenoxy) is 2. The van der Waals surface area contributed by atoms with Crippen molar-refractivity contribution in [3.63, 3.8) is 0 Å². The molecule has 0 saturated heterocycles. The van der Waals surface area contributed by atoms with Crippen molar-refractivity contribution in [1.82, 2.24) is 0 Å². The Hall–Kier alpha value is -1.39. The molecule has 0 saturated carbocycles. The second kappa shape index (κ2) is 3.77. The van der Waals surface area contributed by atoms with Gasteiger partial charge in [-0.3, -0.25) is 14.6 Å². The van der Waals surface area contributed by atoms with Crippen molar-refractivity contribution < 1.29 is 19.1 Å². The van der Waals surface area contributed by atoms with Crippen molar-refractivity contribution in [3.05, 3.63) is 0 Å². The van der Waals surface area contributed by atoms with Crippen LogP contribution < -0.4 is 0 Å². The van der Waals surface area contributed by atoms with Crippen LogP contribution in [0.1, 0.15) is 13.3 Å². The van der Waals surface area contributed by atoms with Crippen LogP contribution in [0.4, 0.5) is 0 Å². The largest absolute Gasteiger partial charge is 0.468 e. The summed E-state index contributed by atoms with van der Waals surface area (Å²) in [5, 5.41) is 0. The lowest BCUT2D eigenvalue weighted by atomic mass is 9.85. The van der Waals surface area contributed by atoms with E-state index in [1.54, 1.807) is 6.92 Å². The molecule has 0 aromatic carbocycles. The molecular weight excluding hydrogens is 186 g/mol. The lowest BCUT2D eigenvalue weighted by molar-refractivity contribution is -0.167. The number of hydrogen-bond acceptors (Lipinski definition) is 5. The summed E-state index contributed by atoms with van der Waals surface area (Å²) in [5.74, 6) is -1.16. The second-order valence-corrected chi connectivity index (χ2v) is 3.29. The fourth-order valence-corrected chi connectivity index (χ4v) is 1.57. The van der Waals surface area contributed by atoms with Crippen molar-refractivity contribution >= 4 is 17.7 Å². The van der Waals surface area contributed by atoms with Gasteiger partial charge in [-0.25, -0.2) is 0 Å². The summed E-state index contributed by atoms with van der Waals surface area (Å²) < 4.78 is 9.19. The molecule has 0 atom stereocenters. The van der Waals surface area contributed by atoms with Gasteiger partial charge < -0.3 is 9.47 Å². The molecule has 0 aromatic rings. The van der Waals surface area contributed by atoms with Crippen LogP contribution in [0, 0.1) is 5.41 Å². The smallest absolute Gasteiger partial charge is 0.325 e. The Morgan fingerprint density at radius 1 is 1.29 bits per heavy atom. The van der Waals surface area contributed by atoms with E-state index < -0.39 is 17.4 Å². The van der Waals surface area contributed by atoms with Gasteiger partial charge in [-0.15, -0.1) is 0 Å². The van der Waals surface area contributed by atoms with E-state index in [9.17, 15) is 9.59 Å². The van der Waals surface area contributed by atoms with Crippen LogP contribution in [-0.4, -0.2) is 38.4 Å². The van der Waals surface area contributed by atoms with Crippen LogP contribution in [0.25, 0.3) is 0 Å². The van der Waals surface area contributed by atoms with Gasteiger partial charge in [0.25, 0.3) is 0 Å². The van der Waals surface area contributed by atoms with Crippen molar-refractivity contribution in [3.8, 4) is 0 Å². The third-order valence-corrected chi connectivity index (χ3v) is 2.33. The fraction of sp³-hybridized carbons (Fsp3) is 0.667. The van der Waals surface area contributed by atoms with Gasteiger partial charge in [-0.2, -0.15) is 0 Å². The predicted molar refractivity (Wildman–Crippen MR) is 49.1 cm³/mol. The Morgan fingerprint density at radius 3 is 2.07 bits per heavy atom. The molecule has 5 nitrogen and oxygen atoms in total. The summed E-state index contributed by atoms with van der Waals surface area (Å²) in [6.45, 7) is 1.89. The normalized spacial score (nSPS) is 18.6. The number of hydrogen-bond donors (Lipinski definition) is 0. The molecule has 14 heavy (non-hydrogen) atoms. The number of nitrogens with zero attached hydrogens (tertiary/aromatic N) is 1. The van der Waals surface area contributed by atoms with E-state index in [-0.39, 0.29) is 13.0 Å². The van der Waals surface area contributed by atoms with Crippen LogP contribution in [-0.2, 0) is 19.1 Å². The quantitative estimate of drug-likeness (QED) is 0.470. The van der Waals surface area contributed by atoms with Gasteiger partial charge in [0.15, 0.2) is 5.41 Å². The third-order valence-electron chi connectivity index (χ3n) is 2.33. The summed E-state index contributed by atoms with van der Waals surface area (Å²) >= 11 is 0. The number of esters is 2. The number of carbonyl (C=O) groups excluding carboxylic acids is 2. The number of methoxy groups -OCH3 is 2. The molecule has 0 spiro atoms. The number of rotatable bonds is 2. The van der Waals surface area contributed by atoms with Crippen LogP contribution in [0.5, 0.6) is 0 Å². The monoisotopic (exact) mass is 199 g/mol. The first-order valence-electron chi connectivity index (χ1n) is 4.23. The van der Waals surface area contributed by atoms with Gasteiger partial charge in [0, 0.05) is 12.1 Å². The molecule has 1 heterocycles. The summed E-state index contributed by atoms with van der Waals surface area (Å²) in [6, 6.07) is 0. The maximum Gasteiger partial charge on any atom is 0.325 e. The van der Waals surface area contributed by atoms with E-state index in [0.29, 0.717) is 0 Å². The van der Waals surface area contributed by atoms with Crippen LogP contribution in [0.15, 0.2) is 4.99 Å². The van der Waals surface area contributed by atoms with E-state index in [1.165, 1.54) is 14.2 Å². The van der Waals surface area contributed by atoms with Crippen LogP contribution in [0.2, 0.25) is 0 Å². The van der Waals surface area contributed by atoms with E-state index in [4.69, 9.17) is 0 Å². The zero-order valence-corrected chi connectivity index (χ0v) is 8.49. The van der Waals surface area contributed by atoms with Crippen molar-refractivity contribution in [2.24, 2.45) is 10.4 Å². The molecule has 78 valence electrons. The molecule has 0 N–H and O–H groups in total. The van der Waals surface area contributed by atoms with Gasteiger partial charge in [0.05, 0.1) is 20.8 Å². The van der Waals surface area contributed by atoms with Crippen molar-refractivity contribution in [2.75, 3.05) is 20.8 Å². The van der Waals surface area contributed by atoms with Crippen molar-refractivity contribution in [2.45, 2.75) is 13.3 Å². The highest BCUT2D eigenvalue weighted by atomic mass is 16.5. The van der Waals surface area contributed by atoms with Gasteiger partial charge in [0.2, 0.25) is 0 Å². The minimum Gasteiger partial charge on any atom is -0.468 e. The Kier molecular flexibility index (Phi) is 2.88. The minimum atomic E-state index is -1.24. The Balaban J connectivity index is 2.94. The molecule has 5 heteroatoms. The Morgan fingerprint density at radius 2 is 1.79 bits per heavy atom. The highest BCUT2D eigenvalue weighted by molar-refractivity contribution is 6.06. The Bertz CT molecular complexity index is 279. The zero-order chi connectivity index (χ0) is 10.8. The highest BCUT2D eigenvalue weighted by Crippen LogP contribution is 2.31. The Labute approximate surface area is 82.1 Å². The lowest BCUT2D eigenvalue weighted by Gasteiger charge is -2.21. The summed E-state index contributed by atoms with van der Waals surface area (Å²) in [4.78, 5) is 27.0. The molecule has 0 aliphatic carbocycles. The lowest BCUT2D eigenvalue weighted by Crippen LogP contribution is -2.42. The molecule has 0 aromatic heterocycles. The first kappa shape index (κ1) is 10.7. The van der Waals surface area contributed by atoms with Crippen LogP contribution >= 0.6 is 0 Å². The number of carbonyl (C=O) groups is 2. The molecule has 1 aliphatic heterocycles.